The van der Waals surface area contributed by atoms with Gasteiger partial charge in [-0.1, -0.05) is 6.92 Å². The summed E-state index contributed by atoms with van der Waals surface area (Å²) < 4.78 is 0. The van der Waals surface area contributed by atoms with Crippen LogP contribution in [0.25, 0.3) is 0 Å². The van der Waals surface area contributed by atoms with Crippen molar-refractivity contribution in [3.05, 3.63) is 12.3 Å². The quantitative estimate of drug-likeness (QED) is 0.823. The molecular formula is C16H28Cl2N6O. The van der Waals surface area contributed by atoms with Crippen molar-refractivity contribution in [2.24, 2.45) is 11.8 Å². The Hall–Kier alpha value is -1.31. The molecule has 2 saturated heterocycles. The van der Waals surface area contributed by atoms with E-state index in [0.29, 0.717) is 17.8 Å². The van der Waals surface area contributed by atoms with Crippen LogP contribution in [0.3, 0.4) is 0 Å². The van der Waals surface area contributed by atoms with Crippen molar-refractivity contribution in [2.45, 2.75) is 6.92 Å². The summed E-state index contributed by atoms with van der Waals surface area (Å²) in [6.07, 6.45) is 1.79. The zero-order valence-electron chi connectivity index (χ0n) is 15.0. The first-order valence-corrected chi connectivity index (χ1v) is 8.31. The number of rotatable bonds is 4. The van der Waals surface area contributed by atoms with Gasteiger partial charge in [0.25, 0.3) is 0 Å². The van der Waals surface area contributed by atoms with Crippen LogP contribution in [-0.4, -0.2) is 74.1 Å². The first-order valence-electron chi connectivity index (χ1n) is 8.31. The molecule has 2 aliphatic rings. The third-order valence-electron chi connectivity index (χ3n) is 4.85. The number of halogens is 2. The zero-order valence-corrected chi connectivity index (χ0v) is 16.6. The second kappa shape index (κ2) is 9.40. The third-order valence-corrected chi connectivity index (χ3v) is 4.85. The average Bonchev–Trinajstić information content (AvgIpc) is 2.52. The maximum absolute atomic E-state index is 12.6. The summed E-state index contributed by atoms with van der Waals surface area (Å²) in [6, 6.07) is 1.94. The highest BCUT2D eigenvalue weighted by molar-refractivity contribution is 5.85. The molecule has 0 spiro atoms. The van der Waals surface area contributed by atoms with Crippen LogP contribution >= 0.6 is 24.8 Å². The fourth-order valence-corrected chi connectivity index (χ4v) is 3.04. The smallest absolute Gasteiger partial charge is 0.226 e. The Morgan fingerprint density at radius 3 is 2.40 bits per heavy atom. The number of carbonyl (C=O) groups is 1. The van der Waals surface area contributed by atoms with E-state index in [1.807, 2.05) is 30.0 Å². The second-order valence-electron chi connectivity index (χ2n) is 6.63. The van der Waals surface area contributed by atoms with Crippen LogP contribution in [0.15, 0.2) is 12.3 Å². The summed E-state index contributed by atoms with van der Waals surface area (Å²) in [6.45, 7) is 7.20. The number of hydrogen-bond donors (Lipinski definition) is 1. The normalized spacial score (nSPS) is 18.5. The lowest BCUT2D eigenvalue weighted by atomic mass is 9.88. The lowest BCUT2D eigenvalue weighted by molar-refractivity contribution is -0.137. The Labute approximate surface area is 162 Å². The molecule has 2 aliphatic heterocycles. The molecular weight excluding hydrogens is 363 g/mol. The maximum atomic E-state index is 12.6. The Morgan fingerprint density at radius 1 is 1.24 bits per heavy atom. The van der Waals surface area contributed by atoms with Crippen molar-refractivity contribution in [1.82, 2.24) is 20.2 Å². The Kier molecular flexibility index (Phi) is 8.18. The number of amides is 1. The van der Waals surface area contributed by atoms with Crippen LogP contribution in [-0.2, 0) is 4.79 Å². The molecule has 1 aromatic heterocycles. The number of nitrogens with zero attached hydrogens (tertiary/aromatic N) is 5. The summed E-state index contributed by atoms with van der Waals surface area (Å²) in [5.74, 6) is 2.58. The van der Waals surface area contributed by atoms with Gasteiger partial charge < -0.3 is 20.0 Å². The molecule has 0 radical (unpaired) electrons. The molecule has 25 heavy (non-hydrogen) atoms. The highest BCUT2D eigenvalue weighted by Crippen LogP contribution is 2.21. The van der Waals surface area contributed by atoms with E-state index < -0.39 is 0 Å². The van der Waals surface area contributed by atoms with E-state index in [9.17, 15) is 4.79 Å². The van der Waals surface area contributed by atoms with E-state index >= 15 is 0 Å². The molecule has 3 rings (SSSR count). The predicted octanol–water partition coefficient (Wildman–Crippen LogP) is 0.890. The molecule has 1 atom stereocenters. The minimum Gasteiger partial charge on any atom is -0.353 e. The zero-order chi connectivity index (χ0) is 16.4. The first kappa shape index (κ1) is 21.7. The number of anilines is 2. The number of piperazine rings is 1. The lowest BCUT2D eigenvalue weighted by Gasteiger charge is -2.39. The summed E-state index contributed by atoms with van der Waals surface area (Å²) in [5.41, 5.74) is 0. The second-order valence-corrected chi connectivity index (χ2v) is 6.63. The molecule has 3 heterocycles. The number of carbonyl (C=O) groups excluding carboxylic acids is 1. The fraction of sp³-hybridized carbons (Fsp3) is 0.688. The van der Waals surface area contributed by atoms with E-state index in [4.69, 9.17) is 0 Å². The largest absolute Gasteiger partial charge is 0.353 e. The molecule has 0 aromatic carbocycles. The van der Waals surface area contributed by atoms with Gasteiger partial charge in [-0.25, -0.2) is 4.98 Å². The van der Waals surface area contributed by atoms with Crippen LogP contribution in [0, 0.1) is 11.8 Å². The van der Waals surface area contributed by atoms with Crippen molar-refractivity contribution < 1.29 is 4.79 Å². The predicted molar refractivity (Wildman–Crippen MR) is 105 cm³/mol. The Morgan fingerprint density at radius 2 is 1.88 bits per heavy atom. The van der Waals surface area contributed by atoms with E-state index in [1.54, 1.807) is 6.20 Å². The van der Waals surface area contributed by atoms with Crippen molar-refractivity contribution in [3.63, 3.8) is 0 Å². The van der Waals surface area contributed by atoms with Gasteiger partial charge >= 0.3 is 0 Å². The van der Waals surface area contributed by atoms with E-state index in [1.165, 1.54) is 0 Å². The SMILES string of the molecule is CC(C(=O)N1CCN(c2ccnc(N(C)C)n2)CC1)C1CNC1.Cl.Cl. The molecule has 0 saturated carbocycles. The fourth-order valence-electron chi connectivity index (χ4n) is 3.04. The third kappa shape index (κ3) is 4.86. The monoisotopic (exact) mass is 390 g/mol. The number of nitrogens with one attached hydrogen (secondary N) is 1. The van der Waals surface area contributed by atoms with Crippen LogP contribution in [0.4, 0.5) is 11.8 Å². The molecule has 1 aromatic rings. The molecule has 0 aliphatic carbocycles. The van der Waals surface area contributed by atoms with Crippen molar-refractivity contribution in [1.29, 1.82) is 0 Å². The van der Waals surface area contributed by atoms with Gasteiger partial charge in [-0.2, -0.15) is 4.98 Å². The number of aromatic nitrogens is 2. The lowest BCUT2D eigenvalue weighted by Crippen LogP contribution is -2.54. The van der Waals surface area contributed by atoms with Crippen LogP contribution in [0.1, 0.15) is 6.92 Å². The van der Waals surface area contributed by atoms with Gasteiger partial charge in [0.05, 0.1) is 0 Å². The van der Waals surface area contributed by atoms with Gasteiger partial charge in [-0.05, 0) is 25.1 Å². The van der Waals surface area contributed by atoms with Gasteiger partial charge in [0, 0.05) is 52.4 Å². The van der Waals surface area contributed by atoms with E-state index in [2.05, 4.69) is 27.1 Å². The van der Waals surface area contributed by atoms with Crippen LogP contribution in [0.2, 0.25) is 0 Å². The van der Waals surface area contributed by atoms with E-state index in [0.717, 1.165) is 45.1 Å². The minimum atomic E-state index is 0. The average molecular weight is 391 g/mol. The molecule has 1 N–H and O–H groups in total. The maximum Gasteiger partial charge on any atom is 0.226 e. The molecule has 9 heteroatoms. The molecule has 142 valence electrons. The molecule has 2 fully saturated rings. The van der Waals surface area contributed by atoms with Crippen molar-refractivity contribution in [2.75, 3.05) is 63.2 Å². The minimum absolute atomic E-state index is 0. The molecule has 7 nitrogen and oxygen atoms in total. The van der Waals surface area contributed by atoms with Crippen LogP contribution < -0.4 is 15.1 Å². The van der Waals surface area contributed by atoms with Gasteiger partial charge in [0.2, 0.25) is 11.9 Å². The van der Waals surface area contributed by atoms with Crippen molar-refractivity contribution >= 4 is 42.5 Å². The highest BCUT2D eigenvalue weighted by atomic mass is 35.5. The summed E-state index contributed by atoms with van der Waals surface area (Å²) in [7, 11) is 3.87. The highest BCUT2D eigenvalue weighted by Gasteiger charge is 2.33. The number of hydrogen-bond acceptors (Lipinski definition) is 6. The topological polar surface area (TPSA) is 64.6 Å². The molecule has 0 bridgehead atoms. The van der Waals surface area contributed by atoms with Crippen LogP contribution in [0.5, 0.6) is 0 Å². The summed E-state index contributed by atoms with van der Waals surface area (Å²) >= 11 is 0. The van der Waals surface area contributed by atoms with Gasteiger partial charge in [0.15, 0.2) is 0 Å². The Balaban J connectivity index is 0.00000156. The standard InChI is InChI=1S/C16H26N6O.2ClH/c1-12(13-10-17-11-13)15(23)22-8-6-21(7-9-22)14-4-5-18-16(19-14)20(2)3;;/h4-5,12-13,17H,6-11H2,1-3H3;2*1H. The van der Waals surface area contributed by atoms with Gasteiger partial charge in [-0.3, -0.25) is 4.79 Å². The van der Waals surface area contributed by atoms with Gasteiger partial charge in [0.1, 0.15) is 5.82 Å². The van der Waals surface area contributed by atoms with Gasteiger partial charge in [-0.15, -0.1) is 24.8 Å². The Bertz CT molecular complexity index is 561. The molecule has 1 unspecified atom stereocenters. The summed E-state index contributed by atoms with van der Waals surface area (Å²) in [4.78, 5) is 27.5. The summed E-state index contributed by atoms with van der Waals surface area (Å²) in [5, 5.41) is 3.25. The molecule has 1 amide bonds. The first-order chi connectivity index (χ1) is 11.1. The van der Waals surface area contributed by atoms with E-state index in [-0.39, 0.29) is 30.7 Å². The van der Waals surface area contributed by atoms with Crippen molar-refractivity contribution in [3.8, 4) is 0 Å².